The first-order valence-corrected chi connectivity index (χ1v) is 9.29. The maximum absolute atomic E-state index is 12.5. The fourth-order valence-electron chi connectivity index (χ4n) is 2.88. The van der Waals surface area contributed by atoms with Crippen molar-refractivity contribution in [2.45, 2.75) is 12.8 Å². The van der Waals surface area contributed by atoms with Crippen LogP contribution in [0.1, 0.15) is 22.3 Å². The Morgan fingerprint density at radius 1 is 0.964 bits per heavy atom. The number of rotatable bonds is 8. The van der Waals surface area contributed by atoms with Gasteiger partial charge in [-0.2, -0.15) is 0 Å². The van der Waals surface area contributed by atoms with E-state index in [2.05, 4.69) is 45.7 Å². The molecule has 0 bridgehead atoms. The highest BCUT2D eigenvalue weighted by Gasteiger charge is 2.11. The van der Waals surface area contributed by atoms with Crippen molar-refractivity contribution in [2.24, 2.45) is 0 Å². The van der Waals surface area contributed by atoms with Gasteiger partial charge in [0, 0.05) is 29.8 Å². The Balaban J connectivity index is 1.76. The molecule has 0 spiro atoms. The number of carbonyl (C=O) groups is 1. The van der Waals surface area contributed by atoms with Crippen LogP contribution in [0.3, 0.4) is 0 Å². The third kappa shape index (κ3) is 5.37. The zero-order valence-electron chi connectivity index (χ0n) is 16.2. The summed E-state index contributed by atoms with van der Waals surface area (Å²) in [6, 6.07) is 15.2. The summed E-state index contributed by atoms with van der Waals surface area (Å²) in [4.78, 5) is 23.0. The topological polar surface area (TPSA) is 70.2 Å². The molecule has 3 aromatic rings. The number of hydrogen-bond donors (Lipinski definition) is 2. The van der Waals surface area contributed by atoms with Crippen molar-refractivity contribution in [3.63, 3.8) is 0 Å². The lowest BCUT2D eigenvalue weighted by Crippen LogP contribution is -2.14. The molecule has 6 nitrogen and oxygen atoms in total. The maximum Gasteiger partial charge on any atom is 0.255 e. The van der Waals surface area contributed by atoms with Crippen LogP contribution in [0.25, 0.3) is 0 Å². The minimum absolute atomic E-state index is 0.197. The fraction of sp³-hybridized carbons (Fsp3) is 0.227. The Kier molecular flexibility index (Phi) is 6.70. The number of hydrogen-bond acceptors (Lipinski definition) is 5. The minimum atomic E-state index is -0.197. The van der Waals surface area contributed by atoms with Gasteiger partial charge < -0.3 is 15.5 Å². The number of carbonyl (C=O) groups excluding carboxylic acids is 1. The van der Waals surface area contributed by atoms with Gasteiger partial charge in [-0.05, 0) is 69.4 Å². The molecule has 3 rings (SSSR count). The number of amides is 1. The summed E-state index contributed by atoms with van der Waals surface area (Å²) >= 11 is 0. The summed E-state index contributed by atoms with van der Waals surface area (Å²) < 4.78 is 0. The smallest absolute Gasteiger partial charge is 0.255 e. The third-order valence-electron chi connectivity index (χ3n) is 4.32. The van der Waals surface area contributed by atoms with Crippen molar-refractivity contribution in [3.05, 3.63) is 78.2 Å². The van der Waals surface area contributed by atoms with E-state index < -0.39 is 0 Å². The highest BCUT2D eigenvalue weighted by atomic mass is 16.1. The molecule has 144 valence electrons. The zero-order chi connectivity index (χ0) is 19.8. The molecular weight excluding hydrogens is 350 g/mol. The van der Waals surface area contributed by atoms with Gasteiger partial charge in [-0.3, -0.25) is 9.78 Å². The molecule has 0 radical (unpaired) electrons. The van der Waals surface area contributed by atoms with Gasteiger partial charge >= 0.3 is 0 Å². The van der Waals surface area contributed by atoms with E-state index in [-0.39, 0.29) is 5.91 Å². The first-order chi connectivity index (χ1) is 13.6. The van der Waals surface area contributed by atoms with Gasteiger partial charge in [-0.25, -0.2) is 4.98 Å². The molecule has 0 unspecified atom stereocenters. The predicted molar refractivity (Wildman–Crippen MR) is 113 cm³/mol. The molecule has 2 aromatic heterocycles. The second-order valence-corrected chi connectivity index (χ2v) is 6.78. The fourth-order valence-corrected chi connectivity index (χ4v) is 2.88. The van der Waals surface area contributed by atoms with Crippen LogP contribution < -0.4 is 10.6 Å². The molecule has 6 heteroatoms. The lowest BCUT2D eigenvalue weighted by Gasteiger charge is -2.15. The SMILES string of the molecule is CN(C)CCCc1ccccc1Nc1ncccc1NC(=O)c1ccncc1. The Morgan fingerprint density at radius 2 is 1.71 bits per heavy atom. The molecule has 28 heavy (non-hydrogen) atoms. The Morgan fingerprint density at radius 3 is 2.50 bits per heavy atom. The number of benzene rings is 1. The van der Waals surface area contributed by atoms with E-state index in [4.69, 9.17) is 0 Å². The van der Waals surface area contributed by atoms with Gasteiger partial charge in [0.1, 0.15) is 0 Å². The quantitative estimate of drug-likeness (QED) is 0.623. The van der Waals surface area contributed by atoms with E-state index in [1.54, 1.807) is 36.8 Å². The molecular formula is C22H25N5O. The Hall–Kier alpha value is -3.25. The lowest BCUT2D eigenvalue weighted by atomic mass is 10.1. The van der Waals surface area contributed by atoms with E-state index in [0.717, 1.165) is 25.1 Å². The second-order valence-electron chi connectivity index (χ2n) is 6.78. The van der Waals surface area contributed by atoms with Crippen molar-refractivity contribution < 1.29 is 4.79 Å². The molecule has 0 aliphatic carbocycles. The van der Waals surface area contributed by atoms with Crippen molar-refractivity contribution in [2.75, 3.05) is 31.3 Å². The van der Waals surface area contributed by atoms with E-state index in [9.17, 15) is 4.79 Å². The van der Waals surface area contributed by atoms with Crippen LogP contribution in [0, 0.1) is 0 Å². The molecule has 2 heterocycles. The molecule has 0 aliphatic rings. The Bertz CT molecular complexity index is 912. The lowest BCUT2D eigenvalue weighted by molar-refractivity contribution is 0.102. The van der Waals surface area contributed by atoms with E-state index in [1.165, 1.54) is 5.56 Å². The minimum Gasteiger partial charge on any atom is -0.338 e. The van der Waals surface area contributed by atoms with Crippen molar-refractivity contribution >= 4 is 23.1 Å². The van der Waals surface area contributed by atoms with Crippen LogP contribution in [0.4, 0.5) is 17.2 Å². The molecule has 1 amide bonds. The summed E-state index contributed by atoms with van der Waals surface area (Å²) in [7, 11) is 4.16. The van der Waals surface area contributed by atoms with E-state index in [1.807, 2.05) is 24.3 Å². The molecule has 0 saturated carbocycles. The molecule has 2 N–H and O–H groups in total. The molecule has 1 aromatic carbocycles. The van der Waals surface area contributed by atoms with Gasteiger partial charge in [0.2, 0.25) is 0 Å². The van der Waals surface area contributed by atoms with Crippen LogP contribution in [-0.4, -0.2) is 41.4 Å². The molecule has 0 aliphatic heterocycles. The highest BCUT2D eigenvalue weighted by Crippen LogP contribution is 2.26. The van der Waals surface area contributed by atoms with Gasteiger partial charge in [0.05, 0.1) is 5.69 Å². The zero-order valence-corrected chi connectivity index (χ0v) is 16.2. The average molecular weight is 375 g/mol. The van der Waals surface area contributed by atoms with Crippen molar-refractivity contribution in [3.8, 4) is 0 Å². The van der Waals surface area contributed by atoms with Gasteiger partial charge in [0.25, 0.3) is 5.91 Å². The number of para-hydroxylation sites is 1. The summed E-state index contributed by atoms with van der Waals surface area (Å²) in [6.45, 7) is 1.03. The summed E-state index contributed by atoms with van der Waals surface area (Å²) in [6.07, 6.45) is 6.94. The number of aromatic nitrogens is 2. The standard InChI is InChI=1S/C22H25N5O/c1-27(2)16-6-8-17-7-3-4-9-19(17)25-21-20(10-5-13-24-21)26-22(28)18-11-14-23-15-12-18/h3-5,7,9-15H,6,8,16H2,1-2H3,(H,24,25)(H,26,28). The molecule has 0 atom stereocenters. The normalized spacial score (nSPS) is 10.7. The number of aryl methyl sites for hydroxylation is 1. The van der Waals surface area contributed by atoms with Crippen LogP contribution in [0.15, 0.2) is 67.1 Å². The van der Waals surface area contributed by atoms with Gasteiger partial charge in [-0.15, -0.1) is 0 Å². The first-order valence-electron chi connectivity index (χ1n) is 9.29. The highest BCUT2D eigenvalue weighted by molar-refractivity contribution is 6.05. The van der Waals surface area contributed by atoms with Crippen LogP contribution in [0.5, 0.6) is 0 Å². The van der Waals surface area contributed by atoms with E-state index in [0.29, 0.717) is 17.1 Å². The average Bonchev–Trinajstić information content (AvgIpc) is 2.71. The molecule has 0 fully saturated rings. The summed E-state index contributed by atoms with van der Waals surface area (Å²) in [5, 5.41) is 6.31. The number of anilines is 3. The van der Waals surface area contributed by atoms with Gasteiger partial charge in [-0.1, -0.05) is 18.2 Å². The van der Waals surface area contributed by atoms with Crippen molar-refractivity contribution in [1.82, 2.24) is 14.9 Å². The third-order valence-corrected chi connectivity index (χ3v) is 4.32. The number of pyridine rings is 2. The summed E-state index contributed by atoms with van der Waals surface area (Å²) in [5.74, 6) is 0.419. The summed E-state index contributed by atoms with van der Waals surface area (Å²) in [5.41, 5.74) is 3.40. The van der Waals surface area contributed by atoms with Crippen LogP contribution in [-0.2, 0) is 6.42 Å². The monoisotopic (exact) mass is 375 g/mol. The van der Waals surface area contributed by atoms with Crippen LogP contribution in [0.2, 0.25) is 0 Å². The largest absolute Gasteiger partial charge is 0.338 e. The van der Waals surface area contributed by atoms with Crippen LogP contribution >= 0.6 is 0 Å². The maximum atomic E-state index is 12.5. The van der Waals surface area contributed by atoms with E-state index >= 15 is 0 Å². The van der Waals surface area contributed by atoms with Crippen molar-refractivity contribution in [1.29, 1.82) is 0 Å². The number of nitrogens with one attached hydrogen (secondary N) is 2. The predicted octanol–water partition coefficient (Wildman–Crippen LogP) is 3.97. The van der Waals surface area contributed by atoms with Gasteiger partial charge in [0.15, 0.2) is 5.82 Å². The second kappa shape index (κ2) is 9.62. The Labute approximate surface area is 165 Å². The molecule has 0 saturated heterocycles. The first kappa shape index (κ1) is 19.5. The number of nitrogens with zero attached hydrogens (tertiary/aromatic N) is 3.